The van der Waals surface area contributed by atoms with Crippen LogP contribution in [0.15, 0.2) is 48.7 Å². The van der Waals surface area contributed by atoms with Crippen LogP contribution in [0.4, 0.5) is 5.82 Å². The van der Waals surface area contributed by atoms with Crippen LogP contribution in [-0.4, -0.2) is 48.0 Å². The Kier molecular flexibility index (Phi) is 6.78. The molecule has 0 bridgehead atoms. The van der Waals surface area contributed by atoms with Gasteiger partial charge in [0, 0.05) is 38.4 Å². The van der Waals surface area contributed by atoms with Crippen LogP contribution in [0, 0.1) is 0 Å². The number of hydrogen-bond donors (Lipinski definition) is 1. The molecule has 2 aromatic rings. The molecule has 1 amide bonds. The van der Waals surface area contributed by atoms with E-state index in [0.29, 0.717) is 18.2 Å². The van der Waals surface area contributed by atoms with Gasteiger partial charge in [-0.05, 0) is 56.3 Å². The van der Waals surface area contributed by atoms with Crippen molar-refractivity contribution >= 4 is 11.7 Å². The molecule has 3 heterocycles. The second-order valence-corrected chi connectivity index (χ2v) is 8.24. The Hall–Kier alpha value is -2.40. The summed E-state index contributed by atoms with van der Waals surface area (Å²) in [5.41, 5.74) is 2.05. The third-order valence-electron chi connectivity index (χ3n) is 6.16. The second-order valence-electron chi connectivity index (χ2n) is 8.24. The summed E-state index contributed by atoms with van der Waals surface area (Å²) in [6.45, 7) is 4.73. The van der Waals surface area contributed by atoms with Gasteiger partial charge < -0.3 is 10.2 Å². The quantitative estimate of drug-likeness (QED) is 0.811. The summed E-state index contributed by atoms with van der Waals surface area (Å²) in [6, 6.07) is 14.8. The zero-order valence-corrected chi connectivity index (χ0v) is 17.2. The maximum Gasteiger partial charge on any atom is 0.255 e. The Labute approximate surface area is 174 Å². The predicted octanol–water partition coefficient (Wildman–Crippen LogP) is 3.86. The topological polar surface area (TPSA) is 48.5 Å². The van der Waals surface area contributed by atoms with Crippen molar-refractivity contribution in [2.75, 3.05) is 31.1 Å². The molecule has 0 spiro atoms. The minimum atomic E-state index is 0.00362. The van der Waals surface area contributed by atoms with Crippen molar-refractivity contribution in [1.29, 1.82) is 0 Å². The van der Waals surface area contributed by atoms with Gasteiger partial charge in [-0.1, -0.05) is 36.8 Å². The van der Waals surface area contributed by atoms with Crippen LogP contribution < -0.4 is 10.2 Å². The summed E-state index contributed by atoms with van der Waals surface area (Å²) in [6.07, 6.45) is 9.02. The van der Waals surface area contributed by atoms with Gasteiger partial charge in [0.15, 0.2) is 0 Å². The Bertz CT molecular complexity index is 788. The Morgan fingerprint density at radius 1 is 0.966 bits per heavy atom. The number of aromatic nitrogens is 1. The fourth-order valence-corrected chi connectivity index (χ4v) is 4.55. The third-order valence-corrected chi connectivity index (χ3v) is 6.16. The average molecular weight is 393 g/mol. The summed E-state index contributed by atoms with van der Waals surface area (Å²) >= 11 is 0. The minimum Gasteiger partial charge on any atom is -0.356 e. The first-order valence-electron chi connectivity index (χ1n) is 11.1. The number of rotatable bonds is 6. The molecule has 0 radical (unpaired) electrons. The molecule has 29 heavy (non-hydrogen) atoms. The van der Waals surface area contributed by atoms with E-state index in [9.17, 15) is 4.79 Å². The van der Waals surface area contributed by atoms with Gasteiger partial charge in [0.25, 0.3) is 5.91 Å². The number of carbonyl (C=O) groups excluding carboxylic acids is 1. The lowest BCUT2D eigenvalue weighted by atomic mass is 10.0. The SMILES string of the molecule is O=C(NCC1CCCCN1Cc1ccccc1)c1cccnc1N1CCCCC1. The Morgan fingerprint density at radius 2 is 1.76 bits per heavy atom. The fraction of sp³-hybridized carbons (Fsp3) is 0.500. The number of nitrogens with zero attached hydrogens (tertiary/aromatic N) is 3. The number of pyridine rings is 1. The molecular weight excluding hydrogens is 360 g/mol. The Morgan fingerprint density at radius 3 is 2.59 bits per heavy atom. The molecule has 2 aliphatic rings. The van der Waals surface area contributed by atoms with Gasteiger partial charge in [0.1, 0.15) is 5.82 Å². The highest BCUT2D eigenvalue weighted by Crippen LogP contribution is 2.22. The van der Waals surface area contributed by atoms with Crippen LogP contribution >= 0.6 is 0 Å². The summed E-state index contributed by atoms with van der Waals surface area (Å²) < 4.78 is 0. The monoisotopic (exact) mass is 392 g/mol. The molecule has 1 aromatic carbocycles. The highest BCUT2D eigenvalue weighted by molar-refractivity contribution is 5.98. The number of amides is 1. The highest BCUT2D eigenvalue weighted by atomic mass is 16.1. The smallest absolute Gasteiger partial charge is 0.255 e. The van der Waals surface area contributed by atoms with Crippen LogP contribution in [0.5, 0.6) is 0 Å². The maximum absolute atomic E-state index is 13.0. The van der Waals surface area contributed by atoms with E-state index >= 15 is 0 Å². The van der Waals surface area contributed by atoms with Gasteiger partial charge in [-0.2, -0.15) is 0 Å². The maximum atomic E-state index is 13.0. The van der Waals surface area contributed by atoms with E-state index < -0.39 is 0 Å². The molecule has 0 saturated carbocycles. The number of anilines is 1. The van der Waals surface area contributed by atoms with Gasteiger partial charge in [-0.25, -0.2) is 4.98 Å². The van der Waals surface area contributed by atoms with Gasteiger partial charge in [-0.15, -0.1) is 0 Å². The molecule has 1 atom stereocenters. The molecule has 1 N–H and O–H groups in total. The van der Waals surface area contributed by atoms with Crippen LogP contribution in [0.3, 0.4) is 0 Å². The van der Waals surface area contributed by atoms with Crippen molar-refractivity contribution in [2.24, 2.45) is 0 Å². The van der Waals surface area contributed by atoms with E-state index in [2.05, 4.69) is 50.4 Å². The first-order chi connectivity index (χ1) is 14.3. The summed E-state index contributed by atoms with van der Waals surface area (Å²) in [7, 11) is 0. The van der Waals surface area contributed by atoms with Crippen molar-refractivity contribution in [3.05, 3.63) is 59.8 Å². The van der Waals surface area contributed by atoms with Gasteiger partial charge in [-0.3, -0.25) is 9.69 Å². The van der Waals surface area contributed by atoms with Crippen LogP contribution in [0.25, 0.3) is 0 Å². The fourth-order valence-electron chi connectivity index (χ4n) is 4.55. The highest BCUT2D eigenvalue weighted by Gasteiger charge is 2.24. The summed E-state index contributed by atoms with van der Waals surface area (Å²) in [5, 5.41) is 3.22. The average Bonchev–Trinajstić information content (AvgIpc) is 2.79. The van der Waals surface area contributed by atoms with Crippen LogP contribution in [0.2, 0.25) is 0 Å². The molecule has 2 fully saturated rings. The first kappa shape index (κ1) is 19.9. The third kappa shape index (κ3) is 5.15. The van der Waals surface area contributed by atoms with E-state index in [-0.39, 0.29) is 5.91 Å². The molecule has 0 aliphatic carbocycles. The number of hydrogen-bond acceptors (Lipinski definition) is 4. The second kappa shape index (κ2) is 9.88. The van der Waals surface area contributed by atoms with Crippen molar-refractivity contribution in [2.45, 2.75) is 51.1 Å². The van der Waals surface area contributed by atoms with E-state index in [4.69, 9.17) is 0 Å². The van der Waals surface area contributed by atoms with Crippen LogP contribution in [-0.2, 0) is 6.54 Å². The number of nitrogens with one attached hydrogen (secondary N) is 1. The number of carbonyl (C=O) groups is 1. The largest absolute Gasteiger partial charge is 0.356 e. The lowest BCUT2D eigenvalue weighted by Crippen LogP contribution is -2.46. The molecule has 4 rings (SSSR count). The standard InChI is InChI=1S/C24H32N4O/c29-24(22-13-9-14-25-23(22)27-15-6-2-7-16-27)26-18-21-12-5-8-17-28(21)19-20-10-3-1-4-11-20/h1,3-4,9-11,13-14,21H,2,5-8,12,15-19H2,(H,26,29). The van der Waals surface area contributed by atoms with Crippen LogP contribution in [0.1, 0.15) is 54.4 Å². The first-order valence-corrected chi connectivity index (χ1v) is 11.1. The Balaban J connectivity index is 1.39. The van der Waals surface area contributed by atoms with Crippen molar-refractivity contribution in [1.82, 2.24) is 15.2 Å². The van der Waals surface area contributed by atoms with Gasteiger partial charge in [0.2, 0.25) is 0 Å². The van der Waals surface area contributed by atoms with E-state index in [1.807, 2.05) is 12.1 Å². The number of likely N-dealkylation sites (tertiary alicyclic amines) is 1. The molecule has 2 saturated heterocycles. The number of benzene rings is 1. The molecule has 154 valence electrons. The summed E-state index contributed by atoms with van der Waals surface area (Å²) in [4.78, 5) is 22.3. The van der Waals surface area contributed by atoms with E-state index in [1.165, 1.54) is 37.7 Å². The molecule has 5 heteroatoms. The molecule has 5 nitrogen and oxygen atoms in total. The normalized spacial score (nSPS) is 20.4. The van der Waals surface area contributed by atoms with E-state index in [0.717, 1.165) is 38.4 Å². The van der Waals surface area contributed by atoms with E-state index in [1.54, 1.807) is 6.20 Å². The lowest BCUT2D eigenvalue weighted by Gasteiger charge is -2.36. The molecule has 1 aromatic heterocycles. The van der Waals surface area contributed by atoms with Crippen molar-refractivity contribution < 1.29 is 4.79 Å². The zero-order chi connectivity index (χ0) is 19.9. The summed E-state index contributed by atoms with van der Waals surface area (Å²) in [5.74, 6) is 0.846. The zero-order valence-electron chi connectivity index (χ0n) is 17.2. The lowest BCUT2D eigenvalue weighted by molar-refractivity contribution is 0.0907. The predicted molar refractivity (Wildman–Crippen MR) is 117 cm³/mol. The molecule has 2 aliphatic heterocycles. The van der Waals surface area contributed by atoms with Gasteiger partial charge >= 0.3 is 0 Å². The number of piperidine rings is 2. The molecular formula is C24H32N4O. The van der Waals surface area contributed by atoms with Crippen molar-refractivity contribution in [3.63, 3.8) is 0 Å². The molecule has 1 unspecified atom stereocenters. The van der Waals surface area contributed by atoms with Gasteiger partial charge in [0.05, 0.1) is 5.56 Å². The van der Waals surface area contributed by atoms with Crippen molar-refractivity contribution in [3.8, 4) is 0 Å². The minimum absolute atomic E-state index is 0.00362.